The molecule has 1 saturated carbocycles. The first kappa shape index (κ1) is 23.9. The minimum Gasteiger partial charge on any atom is -0.369 e. The molecule has 3 N–H and O–H groups in total. The Kier molecular flexibility index (Phi) is 6.83. The van der Waals surface area contributed by atoms with Crippen LogP contribution in [0.1, 0.15) is 71.8 Å². The van der Waals surface area contributed by atoms with Crippen LogP contribution in [0.15, 0.2) is 41.2 Å². The molecule has 186 valence electrons. The largest absolute Gasteiger partial charge is 0.369 e. The first-order valence-corrected chi connectivity index (χ1v) is 13.2. The van der Waals surface area contributed by atoms with Crippen molar-refractivity contribution in [3.63, 3.8) is 0 Å². The summed E-state index contributed by atoms with van der Waals surface area (Å²) in [5, 5.41) is 6.55. The van der Waals surface area contributed by atoms with Crippen molar-refractivity contribution in [1.29, 1.82) is 0 Å². The molecule has 1 aliphatic carbocycles. The monoisotopic (exact) mass is 474 g/mol. The summed E-state index contributed by atoms with van der Waals surface area (Å²) in [6, 6.07) is 8.69. The smallest absolute Gasteiger partial charge is 0.253 e. The summed E-state index contributed by atoms with van der Waals surface area (Å²) in [5.74, 6) is -0.110. The number of pyridine rings is 1. The number of nitrogens with one attached hydrogen (secondary N) is 3. The standard InChI is InChI=1S/C29H38N4O2/c1-3-33(22-17-29(18-22)12-14-30-15-13-29)26-11-7-10-24-23(26)9-6-4-5-8-21-16-20(2)32-28(35)25(21)19-31-27(24)34/h4,6-7,10-11,16,22,30H,3,5,8-9,12-15,17-19H2,1-2H3,(H,31,34)(H,32,35)/b6-4+. The van der Waals surface area contributed by atoms with Gasteiger partial charge >= 0.3 is 0 Å². The number of anilines is 1. The number of piperidine rings is 1. The Hall–Kier alpha value is -2.86. The second-order valence-corrected chi connectivity index (χ2v) is 10.6. The lowest BCUT2D eigenvalue weighted by Gasteiger charge is -2.54. The summed E-state index contributed by atoms with van der Waals surface area (Å²) in [7, 11) is 0. The second-order valence-electron chi connectivity index (χ2n) is 10.6. The quantitative estimate of drug-likeness (QED) is 0.588. The molecule has 2 aromatic rings. The number of allylic oxidation sites excluding steroid dienone is 2. The molecule has 2 aliphatic heterocycles. The summed E-state index contributed by atoms with van der Waals surface area (Å²) < 4.78 is 0. The fourth-order valence-corrected chi connectivity index (χ4v) is 6.45. The Morgan fingerprint density at radius 2 is 1.89 bits per heavy atom. The number of fused-ring (bicyclic) bond motifs is 2. The zero-order valence-corrected chi connectivity index (χ0v) is 21.1. The molecule has 0 bridgehead atoms. The third kappa shape index (κ3) is 4.81. The molecular weight excluding hydrogens is 436 g/mol. The zero-order chi connectivity index (χ0) is 24.4. The zero-order valence-electron chi connectivity index (χ0n) is 21.1. The van der Waals surface area contributed by atoms with Gasteiger partial charge in [0.05, 0.1) is 0 Å². The van der Waals surface area contributed by atoms with Crippen LogP contribution in [0, 0.1) is 12.3 Å². The molecule has 0 unspecified atom stereocenters. The predicted octanol–water partition coefficient (Wildman–Crippen LogP) is 4.02. The van der Waals surface area contributed by atoms with Gasteiger partial charge in [-0.15, -0.1) is 0 Å². The van der Waals surface area contributed by atoms with Crippen molar-refractivity contribution in [3.8, 4) is 0 Å². The number of benzene rings is 1. The number of hydrogen-bond donors (Lipinski definition) is 3. The lowest BCUT2D eigenvalue weighted by atomic mass is 9.60. The van der Waals surface area contributed by atoms with Gasteiger partial charge < -0.3 is 20.5 Å². The number of aromatic amines is 1. The summed E-state index contributed by atoms with van der Waals surface area (Å²) in [5.41, 5.74) is 5.92. The van der Waals surface area contributed by atoms with Crippen LogP contribution in [0.2, 0.25) is 0 Å². The Morgan fingerprint density at radius 1 is 1.09 bits per heavy atom. The molecule has 6 heteroatoms. The van der Waals surface area contributed by atoms with Gasteiger partial charge in [-0.1, -0.05) is 18.2 Å². The summed E-state index contributed by atoms with van der Waals surface area (Å²) in [6.07, 6.45) is 11.8. The minimum atomic E-state index is -0.110. The average molecular weight is 475 g/mol. The van der Waals surface area contributed by atoms with E-state index in [2.05, 4.69) is 45.7 Å². The topological polar surface area (TPSA) is 77.2 Å². The fraction of sp³-hybridized carbons (Fsp3) is 0.517. The van der Waals surface area contributed by atoms with E-state index in [0.29, 0.717) is 22.6 Å². The highest BCUT2D eigenvalue weighted by Crippen LogP contribution is 2.51. The van der Waals surface area contributed by atoms with Gasteiger partial charge in [0.25, 0.3) is 11.5 Å². The molecule has 1 aromatic carbocycles. The van der Waals surface area contributed by atoms with Gasteiger partial charge in [-0.25, -0.2) is 0 Å². The number of carbonyl (C=O) groups excluding carboxylic acids is 1. The van der Waals surface area contributed by atoms with Crippen LogP contribution in [0.3, 0.4) is 0 Å². The Balaban J connectivity index is 1.43. The third-order valence-electron chi connectivity index (χ3n) is 8.35. The maximum atomic E-state index is 13.4. The Labute approximate surface area is 208 Å². The van der Waals surface area contributed by atoms with Crippen molar-refractivity contribution < 1.29 is 4.79 Å². The number of amides is 1. The molecule has 0 radical (unpaired) electrons. The molecule has 5 rings (SSSR count). The minimum absolute atomic E-state index is 0.107. The lowest BCUT2D eigenvalue weighted by molar-refractivity contribution is 0.0593. The van der Waals surface area contributed by atoms with Crippen LogP contribution in [-0.2, 0) is 19.4 Å². The number of aryl methyl sites for hydroxylation is 2. The maximum Gasteiger partial charge on any atom is 0.253 e. The van der Waals surface area contributed by atoms with E-state index in [4.69, 9.17) is 0 Å². The van der Waals surface area contributed by atoms with E-state index in [1.165, 1.54) is 31.4 Å². The van der Waals surface area contributed by atoms with Gasteiger partial charge in [-0.2, -0.15) is 0 Å². The summed E-state index contributed by atoms with van der Waals surface area (Å²) in [6.45, 7) is 7.57. The number of carbonyl (C=O) groups is 1. The molecule has 1 spiro atoms. The van der Waals surface area contributed by atoms with Crippen LogP contribution in [0.4, 0.5) is 5.69 Å². The molecule has 2 fully saturated rings. The normalized spacial score (nSPS) is 21.0. The summed E-state index contributed by atoms with van der Waals surface area (Å²) >= 11 is 0. The van der Waals surface area contributed by atoms with Crippen molar-refractivity contribution in [2.45, 2.75) is 71.4 Å². The van der Waals surface area contributed by atoms with Crippen LogP contribution < -0.4 is 21.1 Å². The van der Waals surface area contributed by atoms with Gasteiger partial charge in [0.15, 0.2) is 0 Å². The fourth-order valence-electron chi connectivity index (χ4n) is 6.45. The van der Waals surface area contributed by atoms with Crippen molar-refractivity contribution in [2.75, 3.05) is 24.5 Å². The first-order chi connectivity index (χ1) is 17.0. The van der Waals surface area contributed by atoms with E-state index in [-0.39, 0.29) is 18.0 Å². The Bertz CT molecular complexity index is 1170. The van der Waals surface area contributed by atoms with E-state index in [1.54, 1.807) is 0 Å². The van der Waals surface area contributed by atoms with Gasteiger partial charge in [0.2, 0.25) is 0 Å². The molecule has 1 saturated heterocycles. The van der Waals surface area contributed by atoms with Gasteiger partial charge in [-0.3, -0.25) is 9.59 Å². The number of H-pyrrole nitrogens is 1. The molecular formula is C29H38N4O2. The van der Waals surface area contributed by atoms with Gasteiger partial charge in [-0.05, 0) is 107 Å². The molecule has 3 heterocycles. The average Bonchev–Trinajstić information content (AvgIpc) is 2.82. The summed E-state index contributed by atoms with van der Waals surface area (Å²) in [4.78, 5) is 31.5. The number of hydrogen-bond acceptors (Lipinski definition) is 4. The highest BCUT2D eigenvalue weighted by Gasteiger charge is 2.46. The van der Waals surface area contributed by atoms with E-state index >= 15 is 0 Å². The number of aromatic nitrogens is 1. The van der Waals surface area contributed by atoms with E-state index in [0.717, 1.165) is 55.7 Å². The van der Waals surface area contributed by atoms with Gasteiger partial charge in [0.1, 0.15) is 0 Å². The number of rotatable bonds is 3. The van der Waals surface area contributed by atoms with Crippen molar-refractivity contribution in [1.82, 2.24) is 15.6 Å². The van der Waals surface area contributed by atoms with E-state index in [1.807, 2.05) is 25.1 Å². The van der Waals surface area contributed by atoms with Crippen LogP contribution in [0.5, 0.6) is 0 Å². The predicted molar refractivity (Wildman–Crippen MR) is 141 cm³/mol. The first-order valence-electron chi connectivity index (χ1n) is 13.2. The Morgan fingerprint density at radius 3 is 2.66 bits per heavy atom. The van der Waals surface area contributed by atoms with Crippen molar-refractivity contribution >= 4 is 11.6 Å². The third-order valence-corrected chi connectivity index (χ3v) is 8.35. The van der Waals surface area contributed by atoms with Crippen LogP contribution in [0.25, 0.3) is 0 Å². The lowest BCUT2D eigenvalue weighted by Crippen LogP contribution is -2.54. The molecule has 35 heavy (non-hydrogen) atoms. The molecule has 1 amide bonds. The van der Waals surface area contributed by atoms with E-state index < -0.39 is 0 Å². The molecule has 0 atom stereocenters. The van der Waals surface area contributed by atoms with Crippen molar-refractivity contribution in [2.24, 2.45) is 5.41 Å². The number of nitrogens with zero attached hydrogens (tertiary/aromatic N) is 1. The van der Waals surface area contributed by atoms with Crippen LogP contribution >= 0.6 is 0 Å². The highest BCUT2D eigenvalue weighted by molar-refractivity contribution is 5.97. The second kappa shape index (κ2) is 10.0. The maximum absolute atomic E-state index is 13.4. The van der Waals surface area contributed by atoms with Crippen molar-refractivity contribution in [3.05, 3.63) is 74.7 Å². The van der Waals surface area contributed by atoms with Crippen LogP contribution in [-0.4, -0.2) is 36.6 Å². The SMILES string of the molecule is CCN(c1cccc2c1C/C=C/CCc1cc(C)[nH]c(=O)c1CNC2=O)C1CC2(CCNCC2)C1. The molecule has 3 aliphatic rings. The van der Waals surface area contributed by atoms with Gasteiger partial charge in [0, 0.05) is 41.6 Å². The van der Waals surface area contributed by atoms with E-state index in [9.17, 15) is 9.59 Å². The highest BCUT2D eigenvalue weighted by atomic mass is 16.1. The molecule has 1 aromatic heterocycles. The molecule has 6 nitrogen and oxygen atoms in total.